The smallest absolute Gasteiger partial charge is 0.217 e. The fraction of sp³-hybridized carbons (Fsp3) is 0.333. The highest BCUT2D eigenvalue weighted by Gasteiger charge is 2.33. The van der Waals surface area contributed by atoms with Crippen LogP contribution in [0.25, 0.3) is 11.1 Å². The number of ether oxygens (including phenoxy) is 1. The summed E-state index contributed by atoms with van der Waals surface area (Å²) in [4.78, 5) is 11.2. The van der Waals surface area contributed by atoms with E-state index in [0.29, 0.717) is 24.2 Å². The minimum atomic E-state index is -0.240. The van der Waals surface area contributed by atoms with Crippen LogP contribution in [0.4, 0.5) is 4.39 Å². The van der Waals surface area contributed by atoms with Crippen LogP contribution in [-0.2, 0) is 4.79 Å². The van der Waals surface area contributed by atoms with Gasteiger partial charge in [-0.15, -0.1) is 0 Å². The van der Waals surface area contributed by atoms with Crippen molar-refractivity contribution in [3.63, 3.8) is 0 Å². The zero-order valence-electron chi connectivity index (χ0n) is 17.1. The summed E-state index contributed by atoms with van der Waals surface area (Å²) in [6, 6.07) is 16.0. The van der Waals surface area contributed by atoms with Gasteiger partial charge in [0.25, 0.3) is 0 Å². The maximum Gasteiger partial charge on any atom is 0.217 e. The summed E-state index contributed by atoms with van der Waals surface area (Å²) < 4.78 is 24.7. The third kappa shape index (κ3) is 4.70. The van der Waals surface area contributed by atoms with Crippen LogP contribution in [0.1, 0.15) is 50.1 Å². The molecule has 3 aromatic rings. The first-order valence-electron chi connectivity index (χ1n) is 10.2. The fourth-order valence-corrected chi connectivity index (χ4v) is 3.82. The Morgan fingerprint density at radius 3 is 2.67 bits per heavy atom. The quantitative estimate of drug-likeness (QED) is 0.580. The van der Waals surface area contributed by atoms with Gasteiger partial charge in [0.1, 0.15) is 11.6 Å². The van der Waals surface area contributed by atoms with Gasteiger partial charge < -0.3 is 14.6 Å². The number of aromatic nitrogens is 1. The van der Waals surface area contributed by atoms with Crippen molar-refractivity contribution in [3.8, 4) is 16.9 Å². The number of nitrogens with zero attached hydrogens (tertiary/aromatic N) is 1. The van der Waals surface area contributed by atoms with E-state index in [1.54, 1.807) is 6.07 Å². The van der Waals surface area contributed by atoms with Gasteiger partial charge in [-0.25, -0.2) is 4.39 Å². The number of amides is 1. The Labute approximate surface area is 175 Å². The molecule has 2 aromatic carbocycles. The number of nitrogens with one attached hydrogen (secondary N) is 1. The van der Waals surface area contributed by atoms with Crippen molar-refractivity contribution in [1.82, 2.24) is 10.5 Å². The van der Waals surface area contributed by atoms with E-state index in [1.807, 2.05) is 43.3 Å². The molecule has 1 N–H and O–H groups in total. The maximum absolute atomic E-state index is 13.4. The van der Waals surface area contributed by atoms with E-state index in [-0.39, 0.29) is 17.8 Å². The minimum Gasteiger partial charge on any atom is -0.493 e. The molecule has 30 heavy (non-hydrogen) atoms. The predicted octanol–water partition coefficient (Wildman–Crippen LogP) is 5.25. The van der Waals surface area contributed by atoms with Crippen molar-refractivity contribution >= 4 is 5.91 Å². The SMILES string of the molecule is CC(=O)N[C@@H](C)c1cc(C2CC(COc3ccc(-c4cccc(F)c4)cc3)C2)no1. The summed E-state index contributed by atoms with van der Waals surface area (Å²) in [5.74, 6) is 2.01. The molecule has 0 saturated heterocycles. The molecule has 1 aliphatic carbocycles. The topological polar surface area (TPSA) is 64.4 Å². The van der Waals surface area contributed by atoms with Crippen LogP contribution in [0.5, 0.6) is 5.75 Å². The van der Waals surface area contributed by atoms with Crippen molar-refractivity contribution in [2.24, 2.45) is 5.92 Å². The van der Waals surface area contributed by atoms with Gasteiger partial charge >= 0.3 is 0 Å². The number of hydrogen-bond acceptors (Lipinski definition) is 4. The molecule has 0 aliphatic heterocycles. The number of rotatable bonds is 7. The highest BCUT2D eigenvalue weighted by atomic mass is 19.1. The van der Waals surface area contributed by atoms with E-state index in [2.05, 4.69) is 10.5 Å². The number of carbonyl (C=O) groups is 1. The molecule has 0 unspecified atom stereocenters. The molecule has 5 nitrogen and oxygen atoms in total. The van der Waals surface area contributed by atoms with Gasteiger partial charge in [0.15, 0.2) is 5.76 Å². The van der Waals surface area contributed by atoms with E-state index < -0.39 is 0 Å². The van der Waals surface area contributed by atoms with Gasteiger partial charge in [-0.1, -0.05) is 29.4 Å². The summed E-state index contributed by atoms with van der Waals surface area (Å²) >= 11 is 0. The molecule has 1 atom stereocenters. The molecule has 0 spiro atoms. The highest BCUT2D eigenvalue weighted by molar-refractivity contribution is 5.73. The van der Waals surface area contributed by atoms with E-state index in [0.717, 1.165) is 35.4 Å². The number of carbonyl (C=O) groups excluding carboxylic acids is 1. The Balaban J connectivity index is 1.25. The summed E-state index contributed by atoms with van der Waals surface area (Å²) in [6.45, 7) is 4.02. The second-order valence-electron chi connectivity index (χ2n) is 7.96. The maximum atomic E-state index is 13.4. The Hall–Kier alpha value is -3.15. The van der Waals surface area contributed by atoms with Gasteiger partial charge in [0, 0.05) is 18.9 Å². The fourth-order valence-electron chi connectivity index (χ4n) is 3.82. The van der Waals surface area contributed by atoms with E-state index in [4.69, 9.17) is 9.26 Å². The van der Waals surface area contributed by atoms with Crippen LogP contribution >= 0.6 is 0 Å². The van der Waals surface area contributed by atoms with Crippen LogP contribution in [0, 0.1) is 11.7 Å². The standard InChI is InChI=1S/C24H25FN2O3/c1-15(26-16(2)28)24-13-23(27-30-24)20-10-17(11-20)14-29-22-8-6-18(7-9-22)19-4-3-5-21(25)12-19/h3-9,12-13,15,17,20H,10-11,14H2,1-2H3,(H,26,28)/t15-,17?,20?/m0/s1. The molecular formula is C24H25FN2O3. The lowest BCUT2D eigenvalue weighted by Gasteiger charge is -2.33. The van der Waals surface area contributed by atoms with Crippen LogP contribution in [0.15, 0.2) is 59.1 Å². The van der Waals surface area contributed by atoms with Crippen LogP contribution in [0.2, 0.25) is 0 Å². The number of benzene rings is 2. The molecule has 0 radical (unpaired) electrons. The molecular weight excluding hydrogens is 383 g/mol. The van der Waals surface area contributed by atoms with Gasteiger partial charge in [0.2, 0.25) is 5.91 Å². The molecule has 1 aromatic heterocycles. The summed E-state index contributed by atoms with van der Waals surface area (Å²) in [6.07, 6.45) is 2.00. The average molecular weight is 408 g/mol. The lowest BCUT2D eigenvalue weighted by atomic mass is 9.73. The lowest BCUT2D eigenvalue weighted by molar-refractivity contribution is -0.119. The first-order valence-corrected chi connectivity index (χ1v) is 10.2. The first kappa shape index (κ1) is 20.1. The van der Waals surface area contributed by atoms with Gasteiger partial charge in [-0.05, 0) is 61.1 Å². The number of halogens is 1. The Kier molecular flexibility index (Phi) is 5.84. The molecule has 1 saturated carbocycles. The molecule has 1 amide bonds. The first-order chi connectivity index (χ1) is 14.5. The normalized spacial score (nSPS) is 19.0. The predicted molar refractivity (Wildman–Crippen MR) is 112 cm³/mol. The Morgan fingerprint density at radius 1 is 1.20 bits per heavy atom. The summed E-state index contributed by atoms with van der Waals surface area (Å²) in [5, 5.41) is 6.97. The molecule has 0 bridgehead atoms. The van der Waals surface area contributed by atoms with Crippen LogP contribution in [0.3, 0.4) is 0 Å². The van der Waals surface area contributed by atoms with E-state index in [9.17, 15) is 9.18 Å². The monoisotopic (exact) mass is 408 g/mol. The molecule has 4 rings (SSSR count). The van der Waals surface area contributed by atoms with E-state index >= 15 is 0 Å². The van der Waals surface area contributed by atoms with Gasteiger partial charge in [-0.3, -0.25) is 4.79 Å². The lowest BCUT2D eigenvalue weighted by Crippen LogP contribution is -2.27. The van der Waals surface area contributed by atoms with E-state index in [1.165, 1.54) is 19.1 Å². The zero-order chi connectivity index (χ0) is 21.1. The molecule has 6 heteroatoms. The molecule has 156 valence electrons. The third-order valence-corrected chi connectivity index (χ3v) is 5.55. The van der Waals surface area contributed by atoms with Gasteiger partial charge in [0.05, 0.1) is 18.3 Å². The van der Waals surface area contributed by atoms with Crippen LogP contribution in [-0.4, -0.2) is 17.7 Å². The average Bonchev–Trinajstić information content (AvgIpc) is 3.17. The molecule has 1 aliphatic rings. The zero-order valence-corrected chi connectivity index (χ0v) is 17.1. The van der Waals surface area contributed by atoms with Crippen molar-refractivity contribution in [2.45, 2.75) is 38.6 Å². The van der Waals surface area contributed by atoms with Crippen molar-refractivity contribution in [2.75, 3.05) is 6.61 Å². The molecule has 1 fully saturated rings. The number of hydrogen-bond donors (Lipinski definition) is 1. The van der Waals surface area contributed by atoms with Crippen LogP contribution < -0.4 is 10.1 Å². The molecule has 1 heterocycles. The van der Waals surface area contributed by atoms with Crippen molar-refractivity contribution in [1.29, 1.82) is 0 Å². The summed E-state index contributed by atoms with van der Waals surface area (Å²) in [7, 11) is 0. The second kappa shape index (κ2) is 8.69. The Morgan fingerprint density at radius 2 is 1.97 bits per heavy atom. The van der Waals surface area contributed by atoms with Gasteiger partial charge in [-0.2, -0.15) is 0 Å². The summed E-state index contributed by atoms with van der Waals surface area (Å²) in [5.41, 5.74) is 2.75. The third-order valence-electron chi connectivity index (χ3n) is 5.55. The second-order valence-corrected chi connectivity index (χ2v) is 7.96. The largest absolute Gasteiger partial charge is 0.493 e. The Bertz CT molecular complexity index is 1010. The highest BCUT2D eigenvalue weighted by Crippen LogP contribution is 2.41. The van der Waals surface area contributed by atoms with Crippen molar-refractivity contribution < 1.29 is 18.4 Å². The van der Waals surface area contributed by atoms with Crippen molar-refractivity contribution in [3.05, 3.63) is 71.9 Å². The minimum absolute atomic E-state index is 0.0923.